The molecule has 0 fully saturated rings. The molecule has 3 nitrogen and oxygen atoms in total. The summed E-state index contributed by atoms with van der Waals surface area (Å²) in [6.07, 6.45) is 0. The van der Waals surface area contributed by atoms with Crippen LogP contribution < -0.4 is 0 Å². The lowest BCUT2D eigenvalue weighted by Gasteiger charge is -2.72. The van der Waals surface area contributed by atoms with E-state index >= 15 is 0 Å². The van der Waals surface area contributed by atoms with E-state index in [2.05, 4.69) is 164 Å². The maximum atomic E-state index is 14.3. The molecule has 0 heterocycles. The van der Waals surface area contributed by atoms with Gasteiger partial charge in [0.15, 0.2) is 22.1 Å². The molecule has 0 spiro atoms. The Morgan fingerprint density at radius 2 is 0.293 bits per heavy atom. The molecule has 0 aliphatic heterocycles. The van der Waals surface area contributed by atoms with Gasteiger partial charge in [-0.2, -0.15) is 0 Å². The lowest BCUT2D eigenvalue weighted by Crippen LogP contribution is -3.08. The van der Waals surface area contributed by atoms with Gasteiger partial charge in [-0.1, -0.05) is 164 Å². The minimum absolute atomic E-state index is 1.81. The quantitative estimate of drug-likeness (QED) is 0.176. The molecule has 3 atom stereocenters. The Bertz CT molecular complexity index is 791. The fraction of sp³-hybridized carbons (Fsp3) is 1.00. The van der Waals surface area contributed by atoms with E-state index in [0.29, 0.717) is 0 Å². The molecule has 248 valence electrons. The summed E-state index contributed by atoms with van der Waals surface area (Å²) in [7, 11) is -20.1. The van der Waals surface area contributed by atoms with E-state index < -0.39 is 94.1 Å². The van der Waals surface area contributed by atoms with E-state index in [1.54, 1.807) is 0 Å². The molecular formula is C25H78O3Si13. The highest BCUT2D eigenvalue weighted by atomic mass is 30.4. The SMILES string of the molecule is C[Si](C)(C)[Si](C)([Si](C)(C)C)[Si](C)(O)[Si](C)([Si](C)(O)[Si](C)([Si](C)(C)C)[Si](C)(C)C)[Si](C)(O)[Si](C)([Si](C)(C)C)[Si](C)(C)C. The third-order valence-corrected chi connectivity index (χ3v) is 321. The number of rotatable bonds is 12. The van der Waals surface area contributed by atoms with Gasteiger partial charge < -0.3 is 14.4 Å². The van der Waals surface area contributed by atoms with Crippen molar-refractivity contribution in [2.45, 2.75) is 164 Å². The summed E-state index contributed by atoms with van der Waals surface area (Å²) in [5.41, 5.74) is 0. The molecule has 0 rings (SSSR count). The third kappa shape index (κ3) is 5.77. The zero-order chi connectivity index (χ0) is 34.5. The maximum absolute atomic E-state index is 14.3. The lowest BCUT2D eigenvalue weighted by molar-refractivity contribution is 0.566. The van der Waals surface area contributed by atoms with Gasteiger partial charge in [-0.05, 0) is 0 Å². The summed E-state index contributed by atoms with van der Waals surface area (Å²) in [4.78, 5) is 42.8. The highest BCUT2D eigenvalue weighted by molar-refractivity contribution is 8.22. The molecule has 0 aromatic heterocycles. The van der Waals surface area contributed by atoms with Gasteiger partial charge in [-0.25, -0.2) is 0 Å². The van der Waals surface area contributed by atoms with Crippen LogP contribution in [-0.2, 0) is 0 Å². The molecule has 0 radical (unpaired) electrons. The first-order valence-corrected chi connectivity index (χ1v) is 66.5. The van der Waals surface area contributed by atoms with Crippen LogP contribution in [0, 0.1) is 0 Å². The second kappa shape index (κ2) is 11.4. The summed E-state index contributed by atoms with van der Waals surface area (Å²) in [5, 5.41) is 0. The Balaban J connectivity index is 9.13. The summed E-state index contributed by atoms with van der Waals surface area (Å²) in [6, 6.07) is 0. The Labute approximate surface area is 270 Å². The van der Waals surface area contributed by atoms with Crippen LogP contribution in [0.5, 0.6) is 0 Å². The Hall–Kier alpha value is 2.70. The molecule has 41 heavy (non-hydrogen) atoms. The summed E-state index contributed by atoms with van der Waals surface area (Å²) in [5.74, 6) is 0. The van der Waals surface area contributed by atoms with Crippen LogP contribution in [0.4, 0.5) is 0 Å². The van der Waals surface area contributed by atoms with Gasteiger partial charge in [0.25, 0.3) is 0 Å². The molecule has 0 aliphatic carbocycles. The zero-order valence-electron chi connectivity index (χ0n) is 32.8. The van der Waals surface area contributed by atoms with Crippen molar-refractivity contribution >= 4 is 94.1 Å². The van der Waals surface area contributed by atoms with Crippen molar-refractivity contribution in [3.8, 4) is 0 Å². The van der Waals surface area contributed by atoms with E-state index in [0.717, 1.165) is 0 Å². The van der Waals surface area contributed by atoms with Crippen LogP contribution in [0.15, 0.2) is 0 Å². The fourth-order valence-corrected chi connectivity index (χ4v) is 520. The monoisotopic (exact) mass is 790 g/mol. The van der Waals surface area contributed by atoms with Gasteiger partial charge in [0, 0.05) is 45.5 Å². The molecule has 16 heteroatoms. The van der Waals surface area contributed by atoms with Crippen LogP contribution in [-0.4, -0.2) is 108 Å². The van der Waals surface area contributed by atoms with Crippen LogP contribution in [0.2, 0.25) is 164 Å². The highest BCUT2D eigenvalue weighted by Gasteiger charge is 2.86. The fourth-order valence-electron chi connectivity index (χ4n) is 10.7. The predicted molar refractivity (Wildman–Crippen MR) is 228 cm³/mol. The molecule has 0 aliphatic rings. The predicted octanol–water partition coefficient (Wildman–Crippen LogP) is 7.97. The molecule has 0 saturated heterocycles. The Kier molecular flexibility index (Phi) is 12.2. The minimum atomic E-state index is -3.10. The first kappa shape index (κ1) is 43.7. The minimum Gasteiger partial charge on any atom is -0.438 e. The van der Waals surface area contributed by atoms with Gasteiger partial charge in [0.1, 0.15) is 6.63 Å². The van der Waals surface area contributed by atoms with Gasteiger partial charge >= 0.3 is 0 Å². The lowest BCUT2D eigenvalue weighted by atomic mass is 11.8. The normalized spacial score (nSPS) is 22.0. The Morgan fingerprint density at radius 3 is 0.366 bits per heavy atom. The van der Waals surface area contributed by atoms with Crippen LogP contribution in [0.3, 0.4) is 0 Å². The largest absolute Gasteiger partial charge is 0.438 e. The third-order valence-electron chi connectivity index (χ3n) is 14.8. The second-order valence-corrected chi connectivity index (χ2v) is 167. The van der Waals surface area contributed by atoms with E-state index in [4.69, 9.17) is 0 Å². The summed E-state index contributed by atoms with van der Waals surface area (Å²) >= 11 is 0. The molecule has 3 unspecified atom stereocenters. The van der Waals surface area contributed by atoms with Crippen molar-refractivity contribution < 1.29 is 14.4 Å². The molecular weight excluding hydrogens is 713 g/mol. The van der Waals surface area contributed by atoms with Crippen molar-refractivity contribution in [2.24, 2.45) is 0 Å². The maximum Gasteiger partial charge on any atom is 0.156 e. The second-order valence-electron chi connectivity index (χ2n) is 21.2. The molecule has 0 aromatic carbocycles. The molecule has 3 N–H and O–H groups in total. The number of hydrogen-bond donors (Lipinski definition) is 3. The van der Waals surface area contributed by atoms with Gasteiger partial charge in [0.05, 0.1) is 19.9 Å². The first-order valence-electron chi connectivity index (χ1n) is 16.2. The van der Waals surface area contributed by atoms with Gasteiger partial charge in [0.2, 0.25) is 0 Å². The van der Waals surface area contributed by atoms with Crippen molar-refractivity contribution in [1.29, 1.82) is 0 Å². The summed E-state index contributed by atoms with van der Waals surface area (Å²) in [6.45, 7) is 54.4. The van der Waals surface area contributed by atoms with Gasteiger partial charge in [-0.15, -0.1) is 0 Å². The van der Waals surface area contributed by atoms with Crippen LogP contribution >= 0.6 is 0 Å². The van der Waals surface area contributed by atoms with E-state index in [9.17, 15) is 14.4 Å². The Morgan fingerprint density at radius 1 is 0.195 bits per heavy atom. The average Bonchev–Trinajstić information content (AvgIpc) is 2.64. The molecule has 0 amide bonds. The van der Waals surface area contributed by atoms with E-state index in [-0.39, 0.29) is 0 Å². The van der Waals surface area contributed by atoms with E-state index in [1.807, 2.05) is 0 Å². The summed E-state index contributed by atoms with van der Waals surface area (Å²) < 4.78 is 0. The van der Waals surface area contributed by atoms with Crippen LogP contribution in [0.25, 0.3) is 0 Å². The van der Waals surface area contributed by atoms with Gasteiger partial charge in [-0.3, -0.25) is 0 Å². The van der Waals surface area contributed by atoms with Crippen LogP contribution in [0.1, 0.15) is 0 Å². The van der Waals surface area contributed by atoms with Crippen molar-refractivity contribution in [2.75, 3.05) is 0 Å². The smallest absolute Gasteiger partial charge is 0.156 e. The van der Waals surface area contributed by atoms with Crippen molar-refractivity contribution in [3.05, 3.63) is 0 Å². The zero-order valence-corrected chi connectivity index (χ0v) is 45.8. The standard InChI is InChI=1S/C25H78O3Si13/c1-29(2,3)38(22,30(4,5)6)35(19,26)41(25,36(20,27)39(23,31(7,8)9)32(10,11)12)37(21,28)40(24,33(13,14)15)34(16,17)18/h26-28H,1-25H3. The molecule has 0 aromatic rings. The topological polar surface area (TPSA) is 60.7 Å². The van der Waals surface area contributed by atoms with Crippen molar-refractivity contribution in [3.63, 3.8) is 0 Å². The highest BCUT2D eigenvalue weighted by Crippen LogP contribution is 2.53. The first-order chi connectivity index (χ1) is 17.0. The average molecular weight is 792 g/mol. The molecule has 0 saturated carbocycles. The number of hydrogen-bond acceptors (Lipinski definition) is 3. The van der Waals surface area contributed by atoms with E-state index in [1.165, 1.54) is 0 Å². The molecule has 0 bridgehead atoms. The van der Waals surface area contributed by atoms with Crippen molar-refractivity contribution in [1.82, 2.24) is 0 Å².